The molecule has 0 radical (unpaired) electrons. The summed E-state index contributed by atoms with van der Waals surface area (Å²) in [5.74, 6) is 5.18. The van der Waals surface area contributed by atoms with E-state index in [1.807, 2.05) is 0 Å². The first kappa shape index (κ1) is 15.3. The van der Waals surface area contributed by atoms with Crippen LogP contribution in [0, 0.1) is 5.82 Å². The zero-order chi connectivity index (χ0) is 13.6. The van der Waals surface area contributed by atoms with Crippen molar-refractivity contribution in [3.8, 4) is 0 Å². The predicted molar refractivity (Wildman–Crippen MR) is 63.5 cm³/mol. The molecule has 1 rings (SSSR count). The fraction of sp³-hybridized carbons (Fsp3) is 0.455. The van der Waals surface area contributed by atoms with Crippen LogP contribution in [0.5, 0.6) is 0 Å². The highest BCUT2D eigenvalue weighted by atomic mass is 32.2. The zero-order valence-corrected chi connectivity index (χ0v) is 10.3. The van der Waals surface area contributed by atoms with Gasteiger partial charge in [0.05, 0.1) is 0 Å². The molecule has 0 saturated carbocycles. The monoisotopic (exact) mass is 282 g/mol. The van der Waals surface area contributed by atoms with Gasteiger partial charge >= 0.3 is 6.18 Å². The van der Waals surface area contributed by atoms with Crippen molar-refractivity contribution in [3.05, 3.63) is 30.1 Å². The summed E-state index contributed by atoms with van der Waals surface area (Å²) in [6, 6.07) is 5.44. The van der Waals surface area contributed by atoms with Crippen LogP contribution in [0.4, 0.5) is 17.6 Å². The number of halogens is 4. The highest BCUT2D eigenvalue weighted by Crippen LogP contribution is 2.25. The van der Waals surface area contributed by atoms with Crippen molar-refractivity contribution in [2.24, 2.45) is 5.84 Å². The molecule has 0 aliphatic rings. The first-order valence-corrected chi connectivity index (χ1v) is 6.30. The maximum Gasteiger partial charge on any atom is 0.389 e. The second kappa shape index (κ2) is 6.96. The van der Waals surface area contributed by atoms with Crippen LogP contribution in [0.3, 0.4) is 0 Å². The van der Waals surface area contributed by atoms with Gasteiger partial charge in [-0.25, -0.2) is 4.39 Å². The summed E-state index contributed by atoms with van der Waals surface area (Å²) in [6.45, 7) is 0. The summed E-state index contributed by atoms with van der Waals surface area (Å²) in [4.78, 5) is 0.669. The van der Waals surface area contributed by atoms with E-state index in [9.17, 15) is 17.6 Å². The minimum Gasteiger partial charge on any atom is -0.271 e. The molecule has 0 aromatic heterocycles. The lowest BCUT2D eigenvalue weighted by Gasteiger charge is -2.16. The summed E-state index contributed by atoms with van der Waals surface area (Å²) in [6.07, 6.45) is -5.16. The number of rotatable bonds is 6. The Balaban J connectivity index is 2.40. The highest BCUT2D eigenvalue weighted by Gasteiger charge is 2.28. The van der Waals surface area contributed by atoms with Gasteiger partial charge in [-0.2, -0.15) is 13.2 Å². The van der Waals surface area contributed by atoms with E-state index >= 15 is 0 Å². The van der Waals surface area contributed by atoms with Crippen molar-refractivity contribution in [2.75, 3.05) is 5.75 Å². The van der Waals surface area contributed by atoms with E-state index in [1.165, 1.54) is 23.9 Å². The summed E-state index contributed by atoms with van der Waals surface area (Å²) in [7, 11) is 0. The molecule has 18 heavy (non-hydrogen) atoms. The van der Waals surface area contributed by atoms with Crippen molar-refractivity contribution in [1.82, 2.24) is 5.43 Å². The van der Waals surface area contributed by atoms with Gasteiger partial charge in [-0.15, -0.1) is 11.8 Å². The normalized spacial score (nSPS) is 13.6. The summed E-state index contributed by atoms with van der Waals surface area (Å²) in [5, 5.41) is 0. The molecule has 1 aromatic carbocycles. The van der Waals surface area contributed by atoms with Gasteiger partial charge in [0.25, 0.3) is 0 Å². The summed E-state index contributed by atoms with van der Waals surface area (Å²) in [5.41, 5.74) is 2.34. The van der Waals surface area contributed by atoms with E-state index in [1.54, 1.807) is 12.1 Å². The number of nitrogens with one attached hydrogen (secondary N) is 1. The molecule has 1 aromatic rings. The second-order valence-electron chi connectivity index (χ2n) is 3.79. The second-order valence-corrected chi connectivity index (χ2v) is 4.88. The Hall–Kier alpha value is -0.790. The Morgan fingerprint density at radius 3 is 2.61 bits per heavy atom. The average Bonchev–Trinajstić information content (AvgIpc) is 2.28. The van der Waals surface area contributed by atoms with Crippen molar-refractivity contribution in [1.29, 1.82) is 0 Å². The first-order chi connectivity index (χ1) is 8.40. The van der Waals surface area contributed by atoms with Crippen LogP contribution in [0.15, 0.2) is 29.2 Å². The minimum absolute atomic E-state index is 0.0949. The number of hydrazine groups is 1. The van der Waals surface area contributed by atoms with E-state index in [0.29, 0.717) is 10.6 Å². The third-order valence-corrected chi connectivity index (χ3v) is 3.42. The Labute approximate surface area is 107 Å². The van der Waals surface area contributed by atoms with Crippen molar-refractivity contribution in [3.63, 3.8) is 0 Å². The number of benzene rings is 1. The summed E-state index contributed by atoms with van der Waals surface area (Å²) >= 11 is 1.27. The van der Waals surface area contributed by atoms with Crippen molar-refractivity contribution < 1.29 is 17.6 Å². The lowest BCUT2D eigenvalue weighted by Crippen LogP contribution is -2.37. The largest absolute Gasteiger partial charge is 0.389 e. The number of hydrogen-bond donors (Lipinski definition) is 2. The topological polar surface area (TPSA) is 38.0 Å². The molecule has 102 valence electrons. The van der Waals surface area contributed by atoms with Gasteiger partial charge in [-0.3, -0.25) is 11.3 Å². The van der Waals surface area contributed by atoms with E-state index in [2.05, 4.69) is 5.43 Å². The lowest BCUT2D eigenvalue weighted by atomic mass is 10.2. The Morgan fingerprint density at radius 1 is 1.33 bits per heavy atom. The fourth-order valence-corrected chi connectivity index (χ4v) is 2.33. The van der Waals surface area contributed by atoms with Crippen LogP contribution in [0.2, 0.25) is 0 Å². The Bertz CT molecular complexity index is 370. The van der Waals surface area contributed by atoms with E-state index in [0.717, 1.165) is 0 Å². The van der Waals surface area contributed by atoms with E-state index in [-0.39, 0.29) is 12.2 Å². The highest BCUT2D eigenvalue weighted by molar-refractivity contribution is 7.99. The molecule has 0 aliphatic carbocycles. The van der Waals surface area contributed by atoms with Gasteiger partial charge in [-0.05, 0) is 24.6 Å². The van der Waals surface area contributed by atoms with Gasteiger partial charge < -0.3 is 0 Å². The molecule has 3 N–H and O–H groups in total. The molecule has 0 fully saturated rings. The third-order valence-electron chi connectivity index (χ3n) is 2.26. The molecular weight excluding hydrogens is 268 g/mol. The molecule has 1 atom stereocenters. The van der Waals surface area contributed by atoms with E-state index in [4.69, 9.17) is 5.84 Å². The molecule has 0 bridgehead atoms. The fourth-order valence-electron chi connectivity index (χ4n) is 1.31. The van der Waals surface area contributed by atoms with Crippen molar-refractivity contribution >= 4 is 11.8 Å². The Morgan fingerprint density at radius 2 is 2.06 bits per heavy atom. The molecule has 0 saturated heterocycles. The first-order valence-electron chi connectivity index (χ1n) is 5.32. The smallest absolute Gasteiger partial charge is 0.271 e. The molecule has 1 unspecified atom stereocenters. The van der Waals surface area contributed by atoms with Crippen LogP contribution >= 0.6 is 11.8 Å². The van der Waals surface area contributed by atoms with Crippen LogP contribution in [0.25, 0.3) is 0 Å². The van der Waals surface area contributed by atoms with Gasteiger partial charge in [0.2, 0.25) is 0 Å². The van der Waals surface area contributed by atoms with Gasteiger partial charge in [0, 0.05) is 23.1 Å². The SMILES string of the molecule is NNC(CCC(F)(F)F)CSc1cccc(F)c1. The molecule has 0 spiro atoms. The van der Waals surface area contributed by atoms with Crippen molar-refractivity contribution in [2.45, 2.75) is 30.0 Å². The van der Waals surface area contributed by atoms with E-state index < -0.39 is 18.6 Å². The maximum absolute atomic E-state index is 12.9. The quantitative estimate of drug-likeness (QED) is 0.364. The number of hydrogen-bond acceptors (Lipinski definition) is 3. The maximum atomic E-state index is 12.9. The predicted octanol–water partition coefficient (Wildman–Crippen LogP) is 3.09. The molecule has 0 aliphatic heterocycles. The van der Waals surface area contributed by atoms with Gasteiger partial charge in [0.15, 0.2) is 0 Å². The lowest BCUT2D eigenvalue weighted by molar-refractivity contribution is -0.136. The zero-order valence-electron chi connectivity index (χ0n) is 9.51. The van der Waals surface area contributed by atoms with Gasteiger partial charge in [0.1, 0.15) is 5.82 Å². The minimum atomic E-state index is -4.18. The number of nitrogens with two attached hydrogens (primary N) is 1. The third kappa shape index (κ3) is 6.23. The van der Waals surface area contributed by atoms with Crippen LogP contribution in [0.1, 0.15) is 12.8 Å². The average molecular weight is 282 g/mol. The van der Waals surface area contributed by atoms with Crippen LogP contribution in [-0.4, -0.2) is 18.0 Å². The molecule has 2 nitrogen and oxygen atoms in total. The number of thioether (sulfide) groups is 1. The van der Waals surface area contributed by atoms with Gasteiger partial charge in [-0.1, -0.05) is 6.07 Å². The molecule has 0 amide bonds. The standard InChI is InChI=1S/C11H14F4N2S/c12-8-2-1-3-10(6-8)18-7-9(17-16)4-5-11(13,14)15/h1-3,6,9,17H,4-5,7,16H2. The van der Waals surface area contributed by atoms with Crippen LogP contribution in [-0.2, 0) is 0 Å². The molecular formula is C11H14F4N2S. The molecule has 0 heterocycles. The number of alkyl halides is 3. The summed E-state index contributed by atoms with van der Waals surface area (Å²) < 4.78 is 49.0. The van der Waals surface area contributed by atoms with Crippen LogP contribution < -0.4 is 11.3 Å². The molecule has 7 heteroatoms. The Kier molecular flexibility index (Phi) is 5.90.